The molecule has 0 spiro atoms. The molecule has 0 aromatic heterocycles. The van der Waals surface area contributed by atoms with Crippen molar-refractivity contribution < 1.29 is 22.5 Å². The van der Waals surface area contributed by atoms with E-state index in [1.807, 2.05) is 0 Å². The predicted molar refractivity (Wildman–Crippen MR) is 21.7 cm³/mol. The third kappa shape index (κ3) is 26.0. The van der Waals surface area contributed by atoms with Crippen LogP contribution < -0.4 is 11.5 Å². The van der Waals surface area contributed by atoms with Crippen LogP contribution in [0.2, 0.25) is 0 Å². The minimum atomic E-state index is 0. The zero-order valence-corrected chi connectivity index (χ0v) is 4.31. The summed E-state index contributed by atoms with van der Waals surface area (Å²) in [5.74, 6) is 0. The van der Waals surface area contributed by atoms with E-state index in [-0.39, 0.29) is 22.5 Å². The summed E-state index contributed by atoms with van der Waals surface area (Å²) >= 11 is 0. The second-order valence-electron chi connectivity index (χ2n) is 0.577. The predicted octanol–water partition coefficient (Wildman–Crippen LogP) is -1.92. The Kier molecular flexibility index (Phi) is 48.8. The van der Waals surface area contributed by atoms with E-state index >= 15 is 0 Å². The van der Waals surface area contributed by atoms with Crippen LogP contribution in [0.5, 0.6) is 0 Å². The molecule has 0 fully saturated rings. The van der Waals surface area contributed by atoms with Crippen LogP contribution in [-0.4, -0.2) is 18.6 Å². The summed E-state index contributed by atoms with van der Waals surface area (Å²) in [5.41, 5.74) is 9.81. The van der Waals surface area contributed by atoms with Gasteiger partial charge >= 0.3 is 0 Å². The quantitative estimate of drug-likeness (QED) is 0.418. The molecule has 0 atom stereocenters. The number of hydrogen-bond donors (Lipinski definition) is 2. The summed E-state index contributed by atoms with van der Waals surface area (Å²) in [6.45, 7) is 1.19. The van der Waals surface area contributed by atoms with Crippen LogP contribution in [0, 0.1) is 0 Å². The van der Waals surface area contributed by atoms with Crippen LogP contribution >= 0.6 is 0 Å². The zero-order valence-electron chi connectivity index (χ0n) is 3.37. The van der Waals surface area contributed by atoms with Gasteiger partial charge in [0.2, 0.25) is 0 Å². The van der Waals surface area contributed by atoms with Crippen LogP contribution in [0.3, 0.4) is 0 Å². The summed E-state index contributed by atoms with van der Waals surface area (Å²) in [6, 6.07) is 0. The molecular formula is C2H10CuN2O. The molecule has 3 nitrogen and oxygen atoms in total. The molecule has 0 aliphatic carbocycles. The Labute approximate surface area is 47.9 Å². The molecule has 0 rings (SSSR count). The van der Waals surface area contributed by atoms with Gasteiger partial charge in [-0.25, -0.2) is 0 Å². The standard InChI is InChI=1S/C2H8N2.Cu.H2O/c3-1-2-4;;/h1-4H2;;1H2. The van der Waals surface area contributed by atoms with Crippen LogP contribution in [-0.2, 0) is 17.1 Å². The van der Waals surface area contributed by atoms with Crippen LogP contribution in [0.1, 0.15) is 0 Å². The molecule has 0 saturated carbocycles. The fourth-order valence-corrected chi connectivity index (χ4v) is 0. The Morgan fingerprint density at radius 3 is 1.17 bits per heavy atom. The summed E-state index contributed by atoms with van der Waals surface area (Å²) in [4.78, 5) is 0. The molecule has 0 aromatic carbocycles. The Bertz CT molecular complexity index is 13.5. The molecule has 45 valence electrons. The van der Waals surface area contributed by atoms with Crippen molar-refractivity contribution in [3.8, 4) is 0 Å². The maximum absolute atomic E-state index is 4.90. The van der Waals surface area contributed by atoms with E-state index in [9.17, 15) is 0 Å². The number of rotatable bonds is 1. The van der Waals surface area contributed by atoms with Gasteiger partial charge in [0.25, 0.3) is 0 Å². The molecule has 6 N–H and O–H groups in total. The van der Waals surface area contributed by atoms with Crippen LogP contribution in [0.15, 0.2) is 0 Å². The van der Waals surface area contributed by atoms with Crippen molar-refractivity contribution in [1.82, 2.24) is 0 Å². The van der Waals surface area contributed by atoms with Gasteiger partial charge in [0.1, 0.15) is 0 Å². The first-order chi connectivity index (χ1) is 1.91. The van der Waals surface area contributed by atoms with Gasteiger partial charge in [-0.05, 0) is 0 Å². The van der Waals surface area contributed by atoms with Crippen molar-refractivity contribution in [3.05, 3.63) is 0 Å². The molecule has 4 heteroatoms. The Morgan fingerprint density at radius 2 is 1.17 bits per heavy atom. The van der Waals surface area contributed by atoms with Gasteiger partial charge in [-0.1, -0.05) is 0 Å². The fourth-order valence-electron chi connectivity index (χ4n) is 0. The van der Waals surface area contributed by atoms with Gasteiger partial charge in [0.05, 0.1) is 0 Å². The molecule has 6 heavy (non-hydrogen) atoms. The first-order valence-electron chi connectivity index (χ1n) is 1.32. The maximum atomic E-state index is 4.90. The van der Waals surface area contributed by atoms with Gasteiger partial charge in [0.15, 0.2) is 0 Å². The van der Waals surface area contributed by atoms with E-state index in [4.69, 9.17) is 11.5 Å². The summed E-state index contributed by atoms with van der Waals surface area (Å²) in [6.07, 6.45) is 0. The van der Waals surface area contributed by atoms with Crippen molar-refractivity contribution in [2.24, 2.45) is 11.5 Å². The maximum Gasteiger partial charge on any atom is 0.00461 e. The Morgan fingerprint density at radius 1 is 1.00 bits per heavy atom. The minimum absolute atomic E-state index is 0. The summed E-state index contributed by atoms with van der Waals surface area (Å²) in [5, 5.41) is 0. The first-order valence-corrected chi connectivity index (χ1v) is 1.32. The Hall–Kier alpha value is 0.399. The zero-order chi connectivity index (χ0) is 3.41. The largest absolute Gasteiger partial charge is 0.412 e. The molecular weight excluding hydrogens is 132 g/mol. The molecule has 0 heterocycles. The van der Waals surface area contributed by atoms with E-state index < -0.39 is 0 Å². The smallest absolute Gasteiger partial charge is 0.00461 e. The van der Waals surface area contributed by atoms with Crippen molar-refractivity contribution in [3.63, 3.8) is 0 Å². The van der Waals surface area contributed by atoms with E-state index in [2.05, 4.69) is 0 Å². The van der Waals surface area contributed by atoms with Crippen molar-refractivity contribution in [2.45, 2.75) is 0 Å². The normalized spacial score (nSPS) is 5.00. The van der Waals surface area contributed by atoms with E-state index in [1.54, 1.807) is 0 Å². The summed E-state index contributed by atoms with van der Waals surface area (Å²) in [7, 11) is 0. The molecule has 0 saturated heterocycles. The Balaban J connectivity index is -0.0000000450. The number of nitrogens with two attached hydrogens (primary N) is 2. The monoisotopic (exact) mass is 141 g/mol. The fraction of sp³-hybridized carbons (Fsp3) is 1.00. The van der Waals surface area contributed by atoms with Gasteiger partial charge in [-0.2, -0.15) is 0 Å². The average molecular weight is 142 g/mol. The molecule has 0 aromatic rings. The number of hydrogen-bond acceptors (Lipinski definition) is 2. The molecule has 0 aliphatic rings. The molecule has 1 radical (unpaired) electrons. The van der Waals surface area contributed by atoms with Gasteiger partial charge < -0.3 is 16.9 Å². The summed E-state index contributed by atoms with van der Waals surface area (Å²) < 4.78 is 0. The third-order valence-corrected chi connectivity index (χ3v) is 0.167. The van der Waals surface area contributed by atoms with Gasteiger partial charge in [-0.15, -0.1) is 0 Å². The minimum Gasteiger partial charge on any atom is -0.412 e. The van der Waals surface area contributed by atoms with Crippen LogP contribution in [0.25, 0.3) is 0 Å². The molecule has 0 bridgehead atoms. The van der Waals surface area contributed by atoms with Crippen molar-refractivity contribution in [2.75, 3.05) is 13.1 Å². The van der Waals surface area contributed by atoms with E-state index in [1.165, 1.54) is 0 Å². The molecule has 0 amide bonds. The van der Waals surface area contributed by atoms with Gasteiger partial charge in [-0.3, -0.25) is 0 Å². The molecule has 0 aliphatic heterocycles. The SMILES string of the molecule is NCCN.O.[Cu]. The van der Waals surface area contributed by atoms with Crippen molar-refractivity contribution in [1.29, 1.82) is 0 Å². The first kappa shape index (κ1) is 16.1. The van der Waals surface area contributed by atoms with E-state index in [0.717, 1.165) is 0 Å². The van der Waals surface area contributed by atoms with Crippen molar-refractivity contribution >= 4 is 0 Å². The topological polar surface area (TPSA) is 83.5 Å². The van der Waals surface area contributed by atoms with E-state index in [0.29, 0.717) is 13.1 Å². The van der Waals surface area contributed by atoms with Crippen LogP contribution in [0.4, 0.5) is 0 Å². The second-order valence-corrected chi connectivity index (χ2v) is 0.577. The van der Waals surface area contributed by atoms with Gasteiger partial charge in [0, 0.05) is 30.2 Å². The molecule has 0 unspecified atom stereocenters. The third-order valence-electron chi connectivity index (χ3n) is 0.167. The average Bonchev–Trinajstić information content (AvgIpc) is 1.37. The second kappa shape index (κ2) is 18.2.